The normalized spacial score (nSPS) is 10.6. The van der Waals surface area contributed by atoms with Crippen molar-refractivity contribution < 1.29 is 14.6 Å². The maximum atomic E-state index is 9.39. The van der Waals surface area contributed by atoms with Crippen LogP contribution in [-0.2, 0) is 11.3 Å². The quantitative estimate of drug-likeness (QED) is 0.800. The number of fused-ring (bicyclic) bond motifs is 1. The lowest BCUT2D eigenvalue weighted by Gasteiger charge is -2.11. The highest BCUT2D eigenvalue weighted by atomic mass is 16.7. The third-order valence-corrected chi connectivity index (χ3v) is 2.49. The average molecular weight is 218 g/mol. The van der Waals surface area contributed by atoms with Crippen LogP contribution in [0, 0.1) is 0 Å². The number of hydrogen-bond donors (Lipinski definition) is 1. The van der Waals surface area contributed by atoms with Crippen LogP contribution in [0.3, 0.4) is 0 Å². The molecule has 3 heteroatoms. The predicted molar refractivity (Wildman–Crippen MR) is 62.4 cm³/mol. The van der Waals surface area contributed by atoms with Crippen LogP contribution in [0.2, 0.25) is 0 Å². The van der Waals surface area contributed by atoms with Gasteiger partial charge in [-0.3, -0.25) is 0 Å². The number of benzene rings is 2. The molecule has 0 radical (unpaired) electrons. The van der Waals surface area contributed by atoms with E-state index in [1.54, 1.807) is 7.11 Å². The van der Waals surface area contributed by atoms with Gasteiger partial charge in [-0.05, 0) is 16.8 Å². The van der Waals surface area contributed by atoms with Crippen LogP contribution in [-0.4, -0.2) is 19.0 Å². The third kappa shape index (κ3) is 2.01. The molecular weight excluding hydrogens is 204 g/mol. The number of methoxy groups -OCH3 is 1. The third-order valence-electron chi connectivity index (χ3n) is 2.49. The minimum atomic E-state index is -0.0413. The number of hydrogen-bond acceptors (Lipinski definition) is 3. The van der Waals surface area contributed by atoms with Crippen molar-refractivity contribution in [1.82, 2.24) is 0 Å². The van der Waals surface area contributed by atoms with Gasteiger partial charge in [0.2, 0.25) is 0 Å². The summed E-state index contributed by atoms with van der Waals surface area (Å²) in [6, 6.07) is 11.7. The molecule has 0 aliphatic rings. The minimum absolute atomic E-state index is 0.0413. The molecule has 0 spiro atoms. The van der Waals surface area contributed by atoms with Gasteiger partial charge in [-0.1, -0.05) is 30.3 Å². The zero-order chi connectivity index (χ0) is 11.4. The van der Waals surface area contributed by atoms with Gasteiger partial charge in [0.1, 0.15) is 5.75 Å². The van der Waals surface area contributed by atoms with Crippen LogP contribution in [0.15, 0.2) is 36.4 Å². The predicted octanol–water partition coefficient (Wildman–Crippen LogP) is 2.31. The molecule has 0 bridgehead atoms. The summed E-state index contributed by atoms with van der Waals surface area (Å²) in [4.78, 5) is 0. The van der Waals surface area contributed by atoms with Crippen molar-refractivity contribution in [2.45, 2.75) is 6.61 Å². The maximum absolute atomic E-state index is 9.39. The highest BCUT2D eigenvalue weighted by Crippen LogP contribution is 2.27. The Labute approximate surface area is 94.2 Å². The Kier molecular flexibility index (Phi) is 3.39. The molecular formula is C13H14O3. The van der Waals surface area contributed by atoms with E-state index in [1.807, 2.05) is 36.4 Å². The van der Waals surface area contributed by atoms with Gasteiger partial charge in [0, 0.05) is 12.7 Å². The summed E-state index contributed by atoms with van der Waals surface area (Å²) in [6.07, 6.45) is 0. The van der Waals surface area contributed by atoms with Crippen LogP contribution in [0.5, 0.6) is 5.75 Å². The van der Waals surface area contributed by atoms with Crippen molar-refractivity contribution in [3.05, 3.63) is 42.0 Å². The molecule has 0 fully saturated rings. The lowest BCUT2D eigenvalue weighted by molar-refractivity contribution is 0.0497. The highest BCUT2D eigenvalue weighted by Gasteiger charge is 2.07. The summed E-state index contributed by atoms with van der Waals surface area (Å²) in [5.41, 5.74) is 0.801. The number of aliphatic hydroxyl groups is 1. The SMILES string of the molecule is COCOc1ccc2ccccc2c1CO. The molecule has 0 unspecified atom stereocenters. The molecule has 2 rings (SSSR count). The van der Waals surface area contributed by atoms with Gasteiger partial charge >= 0.3 is 0 Å². The summed E-state index contributed by atoms with van der Waals surface area (Å²) in [5, 5.41) is 11.5. The zero-order valence-electron chi connectivity index (χ0n) is 9.14. The second-order valence-electron chi connectivity index (χ2n) is 3.47. The summed E-state index contributed by atoms with van der Waals surface area (Å²) in [6.45, 7) is 0.145. The molecule has 0 amide bonds. The second-order valence-corrected chi connectivity index (χ2v) is 3.47. The maximum Gasteiger partial charge on any atom is 0.188 e. The molecule has 0 saturated heterocycles. The van der Waals surface area contributed by atoms with E-state index in [0.717, 1.165) is 16.3 Å². The van der Waals surface area contributed by atoms with Crippen LogP contribution >= 0.6 is 0 Å². The van der Waals surface area contributed by atoms with Gasteiger partial charge in [0.25, 0.3) is 0 Å². The first-order valence-electron chi connectivity index (χ1n) is 5.10. The van der Waals surface area contributed by atoms with E-state index in [4.69, 9.17) is 9.47 Å². The fraction of sp³-hybridized carbons (Fsp3) is 0.231. The highest BCUT2D eigenvalue weighted by molar-refractivity contribution is 5.87. The van der Waals surface area contributed by atoms with Gasteiger partial charge in [0.05, 0.1) is 6.61 Å². The number of rotatable bonds is 4. The largest absolute Gasteiger partial charge is 0.467 e. The van der Waals surface area contributed by atoms with Crippen molar-refractivity contribution in [2.75, 3.05) is 13.9 Å². The number of ether oxygens (including phenoxy) is 2. The van der Waals surface area contributed by atoms with E-state index >= 15 is 0 Å². The van der Waals surface area contributed by atoms with Gasteiger partial charge in [-0.15, -0.1) is 0 Å². The zero-order valence-corrected chi connectivity index (χ0v) is 9.14. The van der Waals surface area contributed by atoms with Crippen molar-refractivity contribution in [1.29, 1.82) is 0 Å². The Morgan fingerprint density at radius 3 is 2.69 bits per heavy atom. The molecule has 0 aliphatic heterocycles. The Hall–Kier alpha value is -1.58. The molecule has 2 aromatic rings. The van der Waals surface area contributed by atoms with Crippen molar-refractivity contribution in [2.24, 2.45) is 0 Å². The lowest BCUT2D eigenvalue weighted by atomic mass is 10.0. The smallest absolute Gasteiger partial charge is 0.188 e. The van der Waals surface area contributed by atoms with Crippen molar-refractivity contribution in [3.63, 3.8) is 0 Å². The van der Waals surface area contributed by atoms with E-state index in [9.17, 15) is 5.11 Å². The Balaban J connectivity index is 2.50. The first-order valence-corrected chi connectivity index (χ1v) is 5.10. The molecule has 2 aromatic carbocycles. The molecule has 3 nitrogen and oxygen atoms in total. The Morgan fingerprint density at radius 2 is 1.94 bits per heavy atom. The first-order chi connectivity index (χ1) is 7.86. The van der Waals surface area contributed by atoms with Crippen LogP contribution in [0.4, 0.5) is 0 Å². The Morgan fingerprint density at radius 1 is 1.12 bits per heavy atom. The monoisotopic (exact) mass is 218 g/mol. The van der Waals surface area contributed by atoms with Gasteiger partial charge in [-0.25, -0.2) is 0 Å². The summed E-state index contributed by atoms with van der Waals surface area (Å²) in [5.74, 6) is 0.669. The van der Waals surface area contributed by atoms with Crippen LogP contribution in [0.25, 0.3) is 10.8 Å². The molecule has 0 heterocycles. The van der Waals surface area contributed by atoms with E-state index in [1.165, 1.54) is 0 Å². The molecule has 0 saturated carbocycles. The van der Waals surface area contributed by atoms with E-state index < -0.39 is 0 Å². The summed E-state index contributed by atoms with van der Waals surface area (Å²) >= 11 is 0. The summed E-state index contributed by atoms with van der Waals surface area (Å²) < 4.78 is 10.3. The van der Waals surface area contributed by atoms with Crippen LogP contribution in [0.1, 0.15) is 5.56 Å². The fourth-order valence-corrected chi connectivity index (χ4v) is 1.74. The standard InChI is InChI=1S/C13H14O3/c1-15-9-16-13-7-6-10-4-2-3-5-11(10)12(13)8-14/h2-7,14H,8-9H2,1H3. The average Bonchev–Trinajstić information content (AvgIpc) is 2.35. The molecule has 16 heavy (non-hydrogen) atoms. The minimum Gasteiger partial charge on any atom is -0.467 e. The second kappa shape index (κ2) is 4.96. The van der Waals surface area contributed by atoms with E-state index in [-0.39, 0.29) is 13.4 Å². The van der Waals surface area contributed by atoms with Gasteiger partial charge in [-0.2, -0.15) is 0 Å². The van der Waals surface area contributed by atoms with E-state index in [0.29, 0.717) is 5.75 Å². The molecule has 0 atom stereocenters. The van der Waals surface area contributed by atoms with Crippen molar-refractivity contribution in [3.8, 4) is 5.75 Å². The van der Waals surface area contributed by atoms with Gasteiger partial charge < -0.3 is 14.6 Å². The number of aliphatic hydroxyl groups excluding tert-OH is 1. The lowest BCUT2D eigenvalue weighted by Crippen LogP contribution is -2.02. The van der Waals surface area contributed by atoms with Gasteiger partial charge in [0.15, 0.2) is 6.79 Å². The van der Waals surface area contributed by atoms with E-state index in [2.05, 4.69) is 0 Å². The van der Waals surface area contributed by atoms with Crippen molar-refractivity contribution >= 4 is 10.8 Å². The molecule has 0 aromatic heterocycles. The first kappa shape index (κ1) is 10.9. The summed E-state index contributed by atoms with van der Waals surface area (Å²) in [7, 11) is 1.57. The van der Waals surface area contributed by atoms with Crippen LogP contribution < -0.4 is 4.74 Å². The topological polar surface area (TPSA) is 38.7 Å². The molecule has 1 N–H and O–H groups in total. The fourth-order valence-electron chi connectivity index (χ4n) is 1.74. The molecule has 84 valence electrons. The molecule has 0 aliphatic carbocycles. The Bertz CT molecular complexity index is 480.